The molecule has 0 unspecified atom stereocenters. The van der Waals surface area contributed by atoms with Crippen molar-refractivity contribution in [3.8, 4) is 0 Å². The number of nitro benzene ring substituents is 1. The standard InChI is InChI=1S/C14H17N5O4S/c1-3-8-18-13(21)16-17-14(18)24-9(2)12(20)15-10-6-4-5-7-11(10)19(22)23/h4-7,9H,3,8H2,1-2H3,(H,15,20)(H,16,21)/t9-/m1/s1. The third kappa shape index (κ3) is 4.02. The minimum atomic E-state index is -0.587. The van der Waals surface area contributed by atoms with Gasteiger partial charge in [-0.25, -0.2) is 9.89 Å². The molecule has 2 aromatic rings. The Morgan fingerprint density at radius 2 is 2.21 bits per heavy atom. The summed E-state index contributed by atoms with van der Waals surface area (Å²) in [5.41, 5.74) is -0.371. The van der Waals surface area contributed by atoms with E-state index < -0.39 is 16.1 Å². The molecule has 2 rings (SSSR count). The molecule has 9 nitrogen and oxygen atoms in total. The van der Waals surface area contributed by atoms with Gasteiger partial charge in [-0.3, -0.25) is 19.5 Å². The fourth-order valence-corrected chi connectivity index (χ4v) is 2.88. The second-order valence-corrected chi connectivity index (χ2v) is 6.29. The van der Waals surface area contributed by atoms with E-state index in [2.05, 4.69) is 15.5 Å². The van der Waals surface area contributed by atoms with Crippen LogP contribution in [0.15, 0.2) is 34.2 Å². The van der Waals surface area contributed by atoms with Crippen LogP contribution < -0.4 is 11.0 Å². The normalized spacial score (nSPS) is 11.9. The zero-order chi connectivity index (χ0) is 17.7. The third-order valence-electron chi connectivity index (χ3n) is 3.18. The summed E-state index contributed by atoms with van der Waals surface area (Å²) in [5.74, 6) is -0.409. The van der Waals surface area contributed by atoms with Crippen molar-refractivity contribution >= 4 is 29.0 Å². The number of anilines is 1. The number of nitro groups is 1. The SMILES string of the molecule is CCCn1c(S[C@H](C)C(=O)Nc2ccccc2[N+](=O)[O-])n[nH]c1=O. The summed E-state index contributed by atoms with van der Waals surface area (Å²) in [6.45, 7) is 4.07. The minimum absolute atomic E-state index is 0.132. The van der Waals surface area contributed by atoms with Crippen LogP contribution in [-0.2, 0) is 11.3 Å². The van der Waals surface area contributed by atoms with Crippen molar-refractivity contribution in [3.63, 3.8) is 0 Å². The number of hydrogen-bond acceptors (Lipinski definition) is 6. The third-order valence-corrected chi connectivity index (χ3v) is 4.27. The van der Waals surface area contributed by atoms with Crippen LogP contribution in [0.25, 0.3) is 0 Å². The Kier molecular flexibility index (Phi) is 5.74. The fourth-order valence-electron chi connectivity index (χ4n) is 2.00. The maximum absolute atomic E-state index is 12.3. The quantitative estimate of drug-likeness (QED) is 0.447. The van der Waals surface area contributed by atoms with Crippen molar-refractivity contribution in [2.75, 3.05) is 5.32 Å². The van der Waals surface area contributed by atoms with Crippen LogP contribution in [0.2, 0.25) is 0 Å². The van der Waals surface area contributed by atoms with E-state index in [1.54, 1.807) is 13.0 Å². The number of nitrogens with zero attached hydrogens (tertiary/aromatic N) is 3. The highest BCUT2D eigenvalue weighted by molar-refractivity contribution is 8.00. The molecule has 0 saturated carbocycles. The van der Waals surface area contributed by atoms with Crippen LogP contribution in [0, 0.1) is 10.1 Å². The fraction of sp³-hybridized carbons (Fsp3) is 0.357. The van der Waals surface area contributed by atoms with E-state index >= 15 is 0 Å². The van der Waals surface area contributed by atoms with E-state index in [-0.39, 0.29) is 17.1 Å². The molecule has 0 bridgehead atoms. The second-order valence-electron chi connectivity index (χ2n) is 4.99. The molecular weight excluding hydrogens is 334 g/mol. The molecule has 0 radical (unpaired) electrons. The molecule has 2 N–H and O–H groups in total. The number of nitrogens with one attached hydrogen (secondary N) is 2. The number of benzene rings is 1. The maximum Gasteiger partial charge on any atom is 0.343 e. The summed E-state index contributed by atoms with van der Waals surface area (Å²) < 4.78 is 1.46. The Bertz CT molecular complexity index is 800. The number of amides is 1. The number of aromatic nitrogens is 3. The largest absolute Gasteiger partial charge is 0.343 e. The molecule has 0 aliphatic rings. The van der Waals surface area contributed by atoms with Crippen LogP contribution in [0.1, 0.15) is 20.3 Å². The van der Waals surface area contributed by atoms with E-state index in [1.165, 1.54) is 22.8 Å². The Balaban J connectivity index is 2.11. The van der Waals surface area contributed by atoms with Crippen molar-refractivity contribution in [2.24, 2.45) is 0 Å². The van der Waals surface area contributed by atoms with Gasteiger partial charge in [0.15, 0.2) is 5.16 Å². The van der Waals surface area contributed by atoms with Gasteiger partial charge in [-0.2, -0.15) is 0 Å². The Morgan fingerprint density at radius 3 is 2.88 bits per heavy atom. The van der Waals surface area contributed by atoms with Crippen molar-refractivity contribution in [1.82, 2.24) is 14.8 Å². The first-order valence-corrected chi connectivity index (χ1v) is 8.18. The molecule has 24 heavy (non-hydrogen) atoms. The van der Waals surface area contributed by atoms with Gasteiger partial charge in [0, 0.05) is 12.6 Å². The van der Waals surface area contributed by atoms with Crippen LogP contribution >= 0.6 is 11.8 Å². The summed E-state index contributed by atoms with van der Waals surface area (Å²) in [7, 11) is 0. The Labute approximate surface area is 141 Å². The molecule has 0 fully saturated rings. The van der Waals surface area contributed by atoms with Crippen LogP contribution in [0.3, 0.4) is 0 Å². The van der Waals surface area contributed by atoms with Gasteiger partial charge >= 0.3 is 5.69 Å². The van der Waals surface area contributed by atoms with Gasteiger partial charge in [-0.1, -0.05) is 30.8 Å². The first kappa shape index (κ1) is 17.7. The smallest absolute Gasteiger partial charge is 0.319 e. The number of hydrogen-bond donors (Lipinski definition) is 2. The number of carbonyl (C=O) groups excluding carboxylic acids is 1. The molecule has 0 aliphatic heterocycles. The zero-order valence-corrected chi connectivity index (χ0v) is 14.0. The van der Waals surface area contributed by atoms with Gasteiger partial charge in [0.25, 0.3) is 5.69 Å². The van der Waals surface area contributed by atoms with E-state index in [0.29, 0.717) is 11.7 Å². The molecule has 10 heteroatoms. The van der Waals surface area contributed by atoms with Gasteiger partial charge in [0.2, 0.25) is 5.91 Å². The number of carbonyl (C=O) groups is 1. The van der Waals surface area contributed by atoms with E-state index in [1.807, 2.05) is 6.92 Å². The highest BCUT2D eigenvalue weighted by Crippen LogP contribution is 2.26. The summed E-state index contributed by atoms with van der Waals surface area (Å²) in [6, 6.07) is 5.92. The Morgan fingerprint density at radius 1 is 1.50 bits per heavy atom. The van der Waals surface area contributed by atoms with Crippen LogP contribution in [0.4, 0.5) is 11.4 Å². The molecular formula is C14H17N5O4S. The van der Waals surface area contributed by atoms with E-state index in [9.17, 15) is 19.7 Å². The lowest BCUT2D eigenvalue weighted by molar-refractivity contribution is -0.383. The molecule has 1 atom stereocenters. The van der Waals surface area contributed by atoms with Crippen LogP contribution in [0.5, 0.6) is 0 Å². The van der Waals surface area contributed by atoms with Gasteiger partial charge in [-0.05, 0) is 19.4 Å². The molecule has 1 aromatic heterocycles. The average Bonchev–Trinajstić information content (AvgIpc) is 2.88. The zero-order valence-electron chi connectivity index (χ0n) is 13.2. The summed E-state index contributed by atoms with van der Waals surface area (Å²) in [4.78, 5) is 34.4. The maximum atomic E-state index is 12.3. The predicted molar refractivity (Wildman–Crippen MR) is 90.2 cm³/mol. The topological polar surface area (TPSA) is 123 Å². The van der Waals surface area contributed by atoms with Crippen molar-refractivity contribution in [3.05, 3.63) is 44.9 Å². The summed E-state index contributed by atoms with van der Waals surface area (Å²) >= 11 is 1.11. The summed E-state index contributed by atoms with van der Waals surface area (Å²) in [5, 5.41) is 19.6. The lowest BCUT2D eigenvalue weighted by atomic mass is 10.2. The number of H-pyrrole nitrogens is 1. The lowest BCUT2D eigenvalue weighted by Gasteiger charge is -2.12. The molecule has 128 valence electrons. The molecule has 0 saturated heterocycles. The molecule has 0 spiro atoms. The number of aromatic amines is 1. The van der Waals surface area contributed by atoms with E-state index in [4.69, 9.17) is 0 Å². The molecule has 1 aromatic carbocycles. The molecule has 1 heterocycles. The highest BCUT2D eigenvalue weighted by Gasteiger charge is 2.21. The first-order valence-electron chi connectivity index (χ1n) is 7.30. The van der Waals surface area contributed by atoms with Gasteiger partial charge in [-0.15, -0.1) is 5.10 Å². The monoisotopic (exact) mass is 351 g/mol. The van der Waals surface area contributed by atoms with Gasteiger partial charge in [0.05, 0.1) is 10.2 Å². The number of rotatable bonds is 7. The van der Waals surface area contributed by atoms with E-state index in [0.717, 1.165) is 18.2 Å². The van der Waals surface area contributed by atoms with Crippen LogP contribution in [-0.4, -0.2) is 30.8 Å². The van der Waals surface area contributed by atoms with Crippen molar-refractivity contribution in [1.29, 1.82) is 0 Å². The molecule has 0 aliphatic carbocycles. The van der Waals surface area contributed by atoms with Gasteiger partial charge < -0.3 is 5.32 Å². The average molecular weight is 351 g/mol. The summed E-state index contributed by atoms with van der Waals surface area (Å²) in [6.07, 6.45) is 0.754. The predicted octanol–water partition coefficient (Wildman–Crippen LogP) is 2.01. The Hall–Kier alpha value is -2.62. The number of para-hydroxylation sites is 2. The highest BCUT2D eigenvalue weighted by atomic mass is 32.2. The first-order chi connectivity index (χ1) is 11.4. The molecule has 1 amide bonds. The van der Waals surface area contributed by atoms with Crippen molar-refractivity contribution in [2.45, 2.75) is 37.2 Å². The minimum Gasteiger partial charge on any atom is -0.319 e. The van der Waals surface area contributed by atoms with Gasteiger partial charge in [0.1, 0.15) is 5.69 Å². The van der Waals surface area contributed by atoms with Crippen molar-refractivity contribution < 1.29 is 9.72 Å². The number of thioether (sulfide) groups is 1. The lowest BCUT2D eigenvalue weighted by Crippen LogP contribution is -2.24. The second kappa shape index (κ2) is 7.77.